The van der Waals surface area contributed by atoms with E-state index in [0.29, 0.717) is 6.07 Å². The van der Waals surface area contributed by atoms with E-state index >= 15 is 0 Å². The Labute approximate surface area is 109 Å². The molecule has 0 saturated heterocycles. The van der Waals surface area contributed by atoms with Crippen molar-refractivity contribution in [2.24, 2.45) is 11.1 Å². The van der Waals surface area contributed by atoms with Crippen LogP contribution in [0, 0.1) is 11.2 Å². The molecule has 0 radical (unpaired) electrons. The fourth-order valence-corrected chi connectivity index (χ4v) is 1.73. The van der Waals surface area contributed by atoms with Crippen LogP contribution < -0.4 is 5.73 Å². The van der Waals surface area contributed by atoms with Crippen LogP contribution in [0.5, 0.6) is 0 Å². The summed E-state index contributed by atoms with van der Waals surface area (Å²) in [5.41, 5.74) is 3.30. The molecular formula is C13H17F4NO. The van der Waals surface area contributed by atoms with Crippen LogP contribution in [-0.4, -0.2) is 11.2 Å². The molecule has 0 fully saturated rings. The van der Waals surface area contributed by atoms with Gasteiger partial charge in [-0.05, 0) is 11.5 Å². The van der Waals surface area contributed by atoms with Gasteiger partial charge in [-0.15, -0.1) is 0 Å². The van der Waals surface area contributed by atoms with Crippen molar-refractivity contribution in [1.29, 1.82) is 0 Å². The summed E-state index contributed by atoms with van der Waals surface area (Å²) >= 11 is 0. The van der Waals surface area contributed by atoms with Gasteiger partial charge in [0.25, 0.3) is 0 Å². The maximum Gasteiger partial charge on any atom is 0.419 e. The Morgan fingerprint density at radius 3 is 2.11 bits per heavy atom. The molecule has 0 saturated carbocycles. The van der Waals surface area contributed by atoms with Crippen molar-refractivity contribution in [2.75, 3.05) is 0 Å². The summed E-state index contributed by atoms with van der Waals surface area (Å²) in [5.74, 6) is -1.43. The van der Waals surface area contributed by atoms with Crippen LogP contribution in [0.4, 0.5) is 17.6 Å². The summed E-state index contributed by atoms with van der Waals surface area (Å²) in [6.45, 7) is 5.01. The Balaban J connectivity index is 3.23. The van der Waals surface area contributed by atoms with Crippen molar-refractivity contribution in [3.8, 4) is 0 Å². The summed E-state index contributed by atoms with van der Waals surface area (Å²) in [5, 5.41) is 9.95. The molecule has 0 bridgehead atoms. The molecule has 0 amide bonds. The van der Waals surface area contributed by atoms with Crippen LogP contribution in [0.1, 0.15) is 37.9 Å². The van der Waals surface area contributed by atoms with Crippen molar-refractivity contribution in [2.45, 2.75) is 39.1 Å². The van der Waals surface area contributed by atoms with Crippen molar-refractivity contribution >= 4 is 0 Å². The first-order chi connectivity index (χ1) is 8.46. The lowest BCUT2D eigenvalue weighted by molar-refractivity contribution is -0.140. The second-order valence-electron chi connectivity index (χ2n) is 5.54. The molecule has 1 aromatic carbocycles. The minimum absolute atomic E-state index is 0.336. The number of hydrogen-bond donors (Lipinski definition) is 2. The minimum Gasteiger partial charge on any atom is -0.391 e. The third kappa shape index (κ3) is 3.45. The Morgan fingerprint density at radius 1 is 1.16 bits per heavy atom. The maximum absolute atomic E-state index is 13.9. The van der Waals surface area contributed by atoms with Crippen molar-refractivity contribution in [3.05, 3.63) is 35.1 Å². The van der Waals surface area contributed by atoms with Gasteiger partial charge in [-0.25, -0.2) is 4.39 Å². The molecule has 3 N–H and O–H groups in total. The molecule has 0 aliphatic heterocycles. The number of alkyl halides is 3. The predicted molar refractivity (Wildman–Crippen MR) is 63.8 cm³/mol. The van der Waals surface area contributed by atoms with Gasteiger partial charge in [0.15, 0.2) is 0 Å². The highest BCUT2D eigenvalue weighted by Gasteiger charge is 2.37. The molecule has 0 heterocycles. The van der Waals surface area contributed by atoms with Gasteiger partial charge in [-0.3, -0.25) is 0 Å². The van der Waals surface area contributed by atoms with Crippen LogP contribution in [0.15, 0.2) is 18.2 Å². The number of aliphatic hydroxyl groups is 1. The lowest BCUT2D eigenvalue weighted by atomic mass is 9.82. The molecule has 0 aromatic heterocycles. The second-order valence-corrected chi connectivity index (χ2v) is 5.54. The molecule has 1 aromatic rings. The first-order valence-electron chi connectivity index (χ1n) is 5.75. The van der Waals surface area contributed by atoms with E-state index in [0.717, 1.165) is 12.1 Å². The number of halogens is 4. The van der Waals surface area contributed by atoms with Gasteiger partial charge in [0.2, 0.25) is 0 Å². The van der Waals surface area contributed by atoms with E-state index in [9.17, 15) is 22.7 Å². The van der Waals surface area contributed by atoms with E-state index in [1.165, 1.54) is 0 Å². The third-order valence-electron chi connectivity index (χ3n) is 2.92. The van der Waals surface area contributed by atoms with Crippen LogP contribution in [-0.2, 0) is 6.18 Å². The molecule has 2 atom stereocenters. The largest absolute Gasteiger partial charge is 0.419 e. The molecule has 0 spiro atoms. The third-order valence-corrected chi connectivity index (χ3v) is 2.92. The maximum atomic E-state index is 13.9. The number of aliphatic hydroxyl groups excluding tert-OH is 1. The van der Waals surface area contributed by atoms with E-state index in [-0.39, 0.29) is 5.56 Å². The number of hydrogen-bond acceptors (Lipinski definition) is 2. The quantitative estimate of drug-likeness (QED) is 0.816. The van der Waals surface area contributed by atoms with Crippen LogP contribution in [0.3, 0.4) is 0 Å². The zero-order valence-electron chi connectivity index (χ0n) is 10.9. The molecule has 1 rings (SSSR count). The van der Waals surface area contributed by atoms with E-state index in [1.54, 1.807) is 20.8 Å². The number of rotatable bonds is 2. The van der Waals surface area contributed by atoms with E-state index in [1.807, 2.05) is 0 Å². The molecule has 6 heteroatoms. The van der Waals surface area contributed by atoms with Gasteiger partial charge in [0, 0.05) is 5.56 Å². The SMILES string of the molecule is CC(C)(C)[C@@H](O)[C@@H](N)c1cccc(C(F)(F)F)c1F. The van der Waals surface area contributed by atoms with Gasteiger partial charge in [0.1, 0.15) is 5.82 Å². The van der Waals surface area contributed by atoms with E-state index < -0.39 is 35.1 Å². The average molecular weight is 279 g/mol. The van der Waals surface area contributed by atoms with E-state index in [4.69, 9.17) is 5.73 Å². The van der Waals surface area contributed by atoms with Crippen LogP contribution >= 0.6 is 0 Å². The molecule has 19 heavy (non-hydrogen) atoms. The summed E-state index contributed by atoms with van der Waals surface area (Å²) in [6.07, 6.45) is -5.95. The number of benzene rings is 1. The monoisotopic (exact) mass is 279 g/mol. The minimum atomic E-state index is -4.79. The average Bonchev–Trinajstić information content (AvgIpc) is 2.24. The fourth-order valence-electron chi connectivity index (χ4n) is 1.73. The van der Waals surface area contributed by atoms with E-state index in [2.05, 4.69) is 0 Å². The van der Waals surface area contributed by atoms with Gasteiger partial charge in [-0.2, -0.15) is 13.2 Å². The molecule has 0 aliphatic rings. The summed E-state index contributed by atoms with van der Waals surface area (Å²) in [7, 11) is 0. The van der Waals surface area contributed by atoms with Crippen molar-refractivity contribution in [1.82, 2.24) is 0 Å². The number of nitrogens with two attached hydrogens (primary N) is 1. The zero-order valence-corrected chi connectivity index (χ0v) is 10.9. The van der Waals surface area contributed by atoms with Gasteiger partial charge in [0.05, 0.1) is 17.7 Å². The Morgan fingerprint density at radius 2 is 1.68 bits per heavy atom. The highest BCUT2D eigenvalue weighted by atomic mass is 19.4. The Bertz CT molecular complexity index is 451. The van der Waals surface area contributed by atoms with Gasteiger partial charge in [-0.1, -0.05) is 32.9 Å². The summed E-state index contributed by atoms with van der Waals surface area (Å²) in [6, 6.07) is 1.66. The highest BCUT2D eigenvalue weighted by Crippen LogP contribution is 2.36. The molecule has 0 aliphatic carbocycles. The summed E-state index contributed by atoms with van der Waals surface area (Å²) in [4.78, 5) is 0. The Kier molecular flexibility index (Phi) is 4.27. The fraction of sp³-hybridized carbons (Fsp3) is 0.538. The highest BCUT2D eigenvalue weighted by molar-refractivity contribution is 5.31. The first kappa shape index (κ1) is 15.9. The second kappa shape index (κ2) is 5.09. The van der Waals surface area contributed by atoms with Gasteiger partial charge < -0.3 is 10.8 Å². The normalized spacial score (nSPS) is 16.3. The Hall–Kier alpha value is -1.14. The van der Waals surface area contributed by atoms with Crippen molar-refractivity contribution in [3.63, 3.8) is 0 Å². The molecular weight excluding hydrogens is 262 g/mol. The lowest BCUT2D eigenvalue weighted by Crippen LogP contribution is -2.37. The van der Waals surface area contributed by atoms with Crippen molar-refractivity contribution < 1.29 is 22.7 Å². The van der Waals surface area contributed by atoms with Crippen LogP contribution in [0.2, 0.25) is 0 Å². The standard InChI is InChI=1S/C13H17F4NO/c1-12(2,3)11(19)10(18)7-5-4-6-8(9(7)14)13(15,16)17/h4-6,10-11,19H,18H2,1-3H3/t10-,11-/m0/s1. The molecule has 0 unspecified atom stereocenters. The smallest absolute Gasteiger partial charge is 0.391 e. The predicted octanol–water partition coefficient (Wildman–Crippen LogP) is 3.25. The first-order valence-corrected chi connectivity index (χ1v) is 5.75. The summed E-state index contributed by atoms with van der Waals surface area (Å²) < 4.78 is 51.6. The topological polar surface area (TPSA) is 46.2 Å². The van der Waals surface area contributed by atoms with Crippen LogP contribution in [0.25, 0.3) is 0 Å². The molecule has 2 nitrogen and oxygen atoms in total. The zero-order chi connectivity index (χ0) is 15.0. The lowest BCUT2D eigenvalue weighted by Gasteiger charge is -2.31. The van der Waals surface area contributed by atoms with Gasteiger partial charge >= 0.3 is 6.18 Å². The molecule has 108 valence electrons.